The Hall–Kier alpha value is -2.37. The van der Waals surface area contributed by atoms with Crippen LogP contribution >= 0.6 is 0 Å². The molecule has 1 saturated heterocycles. The first-order chi connectivity index (χ1) is 13.5. The van der Waals surface area contributed by atoms with Gasteiger partial charge in [-0.05, 0) is 56.9 Å². The third-order valence-corrected chi connectivity index (χ3v) is 5.37. The zero-order valence-electron chi connectivity index (χ0n) is 16.8. The van der Waals surface area contributed by atoms with Crippen molar-refractivity contribution >= 4 is 11.6 Å². The minimum atomic E-state index is -1.28. The van der Waals surface area contributed by atoms with E-state index in [1.807, 2.05) is 56.0 Å². The molecule has 1 amide bonds. The second kappa shape index (κ2) is 7.57. The van der Waals surface area contributed by atoms with Gasteiger partial charge in [-0.15, -0.1) is 0 Å². The molecule has 0 saturated carbocycles. The zero-order chi connectivity index (χ0) is 19.7. The van der Waals surface area contributed by atoms with E-state index in [1.54, 1.807) is 0 Å². The predicted molar refractivity (Wildman–Crippen MR) is 108 cm³/mol. The normalized spacial score (nSPS) is 17.8. The SMILES string of the molecule is Cc1cc(C)c2c(c1)C1(OCCCO1)C(=O)N2CCCOc1ccccc1C. The van der Waals surface area contributed by atoms with Gasteiger partial charge in [-0.2, -0.15) is 0 Å². The number of para-hydroxylation sites is 1. The van der Waals surface area contributed by atoms with E-state index < -0.39 is 5.79 Å². The van der Waals surface area contributed by atoms with Gasteiger partial charge in [0.05, 0.1) is 25.5 Å². The molecule has 5 heteroatoms. The van der Waals surface area contributed by atoms with Gasteiger partial charge in [0, 0.05) is 12.1 Å². The van der Waals surface area contributed by atoms with Gasteiger partial charge in [0.2, 0.25) is 0 Å². The summed E-state index contributed by atoms with van der Waals surface area (Å²) in [5, 5.41) is 0. The first kappa shape index (κ1) is 19.0. The van der Waals surface area contributed by atoms with Gasteiger partial charge in [0.15, 0.2) is 0 Å². The Morgan fingerprint density at radius 3 is 2.57 bits per heavy atom. The van der Waals surface area contributed by atoms with Gasteiger partial charge in [-0.25, -0.2) is 0 Å². The number of hydrogen-bond donors (Lipinski definition) is 0. The third kappa shape index (κ3) is 3.19. The summed E-state index contributed by atoms with van der Waals surface area (Å²) < 4.78 is 17.8. The maximum Gasteiger partial charge on any atom is 0.292 e. The molecular formula is C23H27NO4. The van der Waals surface area contributed by atoms with Crippen molar-refractivity contribution in [2.75, 3.05) is 31.3 Å². The highest BCUT2D eigenvalue weighted by Gasteiger charge is 2.55. The van der Waals surface area contributed by atoms with Gasteiger partial charge in [0.25, 0.3) is 11.7 Å². The number of benzene rings is 2. The molecule has 1 fully saturated rings. The first-order valence-electron chi connectivity index (χ1n) is 9.93. The highest BCUT2D eigenvalue weighted by atomic mass is 16.7. The van der Waals surface area contributed by atoms with Crippen molar-refractivity contribution in [3.8, 4) is 5.75 Å². The summed E-state index contributed by atoms with van der Waals surface area (Å²) >= 11 is 0. The van der Waals surface area contributed by atoms with Crippen LogP contribution in [0.2, 0.25) is 0 Å². The van der Waals surface area contributed by atoms with Crippen LogP contribution in [-0.2, 0) is 20.1 Å². The summed E-state index contributed by atoms with van der Waals surface area (Å²) in [5.41, 5.74) is 5.05. The standard InChI is InChI=1S/C23H27NO4/c1-16-14-18(3)21-19(15-16)23(27-12-7-13-28-23)22(25)24(21)10-6-11-26-20-9-5-4-8-17(20)2/h4-5,8-9,14-15H,6-7,10-13H2,1-3H3. The van der Waals surface area contributed by atoms with Crippen LogP contribution in [0.5, 0.6) is 5.75 Å². The number of amides is 1. The van der Waals surface area contributed by atoms with Crippen molar-refractivity contribution < 1.29 is 19.0 Å². The predicted octanol–water partition coefficient (Wildman–Crippen LogP) is 4.02. The lowest BCUT2D eigenvalue weighted by Gasteiger charge is -2.32. The Morgan fingerprint density at radius 1 is 1.07 bits per heavy atom. The Labute approximate surface area is 166 Å². The highest BCUT2D eigenvalue weighted by Crippen LogP contribution is 2.47. The lowest BCUT2D eigenvalue weighted by atomic mass is 10.00. The summed E-state index contributed by atoms with van der Waals surface area (Å²) in [5.74, 6) is -0.508. The van der Waals surface area contributed by atoms with Gasteiger partial charge < -0.3 is 19.1 Å². The van der Waals surface area contributed by atoms with Crippen molar-refractivity contribution in [3.63, 3.8) is 0 Å². The number of hydrogen-bond acceptors (Lipinski definition) is 4. The number of ether oxygens (including phenoxy) is 3. The maximum absolute atomic E-state index is 13.4. The molecule has 2 heterocycles. The number of rotatable bonds is 5. The molecular weight excluding hydrogens is 354 g/mol. The average molecular weight is 381 g/mol. The minimum Gasteiger partial charge on any atom is -0.493 e. The molecule has 28 heavy (non-hydrogen) atoms. The van der Waals surface area contributed by atoms with E-state index in [4.69, 9.17) is 14.2 Å². The molecule has 148 valence electrons. The van der Waals surface area contributed by atoms with Crippen LogP contribution in [0.25, 0.3) is 0 Å². The minimum absolute atomic E-state index is 0.119. The molecule has 2 aromatic rings. The van der Waals surface area contributed by atoms with Gasteiger partial charge >= 0.3 is 0 Å². The molecule has 5 nitrogen and oxygen atoms in total. The summed E-state index contributed by atoms with van der Waals surface area (Å²) in [6.07, 6.45) is 1.53. The summed E-state index contributed by atoms with van der Waals surface area (Å²) in [7, 11) is 0. The number of anilines is 1. The second-order valence-electron chi connectivity index (χ2n) is 7.57. The van der Waals surface area contributed by atoms with Crippen LogP contribution in [0.4, 0.5) is 5.69 Å². The van der Waals surface area contributed by atoms with E-state index >= 15 is 0 Å². The largest absolute Gasteiger partial charge is 0.493 e. The fraction of sp³-hybridized carbons (Fsp3) is 0.435. The molecule has 0 N–H and O–H groups in total. The molecule has 0 unspecified atom stereocenters. The van der Waals surface area contributed by atoms with E-state index in [9.17, 15) is 4.79 Å². The van der Waals surface area contributed by atoms with Gasteiger partial charge in [-0.1, -0.05) is 29.8 Å². The van der Waals surface area contributed by atoms with E-state index in [0.717, 1.165) is 46.5 Å². The Balaban J connectivity index is 1.53. The topological polar surface area (TPSA) is 48.0 Å². The van der Waals surface area contributed by atoms with Crippen molar-refractivity contribution in [2.24, 2.45) is 0 Å². The van der Waals surface area contributed by atoms with E-state index in [2.05, 4.69) is 6.07 Å². The quantitative estimate of drug-likeness (QED) is 0.734. The maximum atomic E-state index is 13.4. The van der Waals surface area contributed by atoms with Crippen molar-refractivity contribution in [2.45, 2.75) is 39.4 Å². The molecule has 0 atom stereocenters. The van der Waals surface area contributed by atoms with E-state index in [-0.39, 0.29) is 5.91 Å². The summed E-state index contributed by atoms with van der Waals surface area (Å²) in [6.45, 7) is 8.28. The lowest BCUT2D eigenvalue weighted by molar-refractivity contribution is -0.256. The Bertz CT molecular complexity index is 886. The fourth-order valence-electron chi connectivity index (χ4n) is 4.11. The molecule has 0 radical (unpaired) electrons. The number of carbonyl (C=O) groups is 1. The molecule has 0 bridgehead atoms. The smallest absolute Gasteiger partial charge is 0.292 e. The van der Waals surface area contributed by atoms with Crippen LogP contribution in [0, 0.1) is 20.8 Å². The highest BCUT2D eigenvalue weighted by molar-refractivity contribution is 6.07. The summed E-state index contributed by atoms with van der Waals surface area (Å²) in [4.78, 5) is 15.2. The second-order valence-corrected chi connectivity index (χ2v) is 7.57. The molecule has 2 aliphatic rings. The van der Waals surface area contributed by atoms with E-state index in [1.165, 1.54) is 0 Å². The average Bonchev–Trinajstić information content (AvgIpc) is 2.90. The fourth-order valence-corrected chi connectivity index (χ4v) is 4.11. The van der Waals surface area contributed by atoms with Crippen molar-refractivity contribution in [3.05, 3.63) is 58.7 Å². The Kier molecular flexibility index (Phi) is 5.13. The van der Waals surface area contributed by atoms with Gasteiger partial charge in [0.1, 0.15) is 5.75 Å². The number of nitrogens with zero attached hydrogens (tertiary/aromatic N) is 1. The molecule has 0 aliphatic carbocycles. The van der Waals surface area contributed by atoms with Crippen molar-refractivity contribution in [1.82, 2.24) is 0 Å². The molecule has 0 aromatic heterocycles. The molecule has 1 spiro atoms. The molecule has 2 aliphatic heterocycles. The van der Waals surface area contributed by atoms with Crippen LogP contribution in [0.15, 0.2) is 36.4 Å². The number of fused-ring (bicyclic) bond motifs is 2. The number of aryl methyl sites for hydroxylation is 3. The first-order valence-corrected chi connectivity index (χ1v) is 9.93. The van der Waals surface area contributed by atoms with Crippen LogP contribution in [0.3, 0.4) is 0 Å². The lowest BCUT2D eigenvalue weighted by Crippen LogP contribution is -2.47. The third-order valence-electron chi connectivity index (χ3n) is 5.37. The van der Waals surface area contributed by atoms with Crippen molar-refractivity contribution in [1.29, 1.82) is 0 Å². The van der Waals surface area contributed by atoms with Crippen LogP contribution in [-0.4, -0.2) is 32.3 Å². The van der Waals surface area contributed by atoms with Gasteiger partial charge in [-0.3, -0.25) is 4.79 Å². The van der Waals surface area contributed by atoms with E-state index in [0.29, 0.717) is 26.4 Å². The molecule has 4 rings (SSSR count). The zero-order valence-corrected chi connectivity index (χ0v) is 16.8. The molecule has 2 aromatic carbocycles. The number of carbonyl (C=O) groups excluding carboxylic acids is 1. The van der Waals surface area contributed by atoms with Crippen LogP contribution < -0.4 is 9.64 Å². The monoisotopic (exact) mass is 381 g/mol. The Morgan fingerprint density at radius 2 is 1.82 bits per heavy atom. The summed E-state index contributed by atoms with van der Waals surface area (Å²) in [6, 6.07) is 12.1. The van der Waals surface area contributed by atoms with Crippen LogP contribution in [0.1, 0.15) is 35.1 Å².